The van der Waals surface area contributed by atoms with Crippen molar-refractivity contribution in [1.82, 2.24) is 9.58 Å². The monoisotopic (exact) mass is 467 g/mol. The van der Waals surface area contributed by atoms with E-state index in [2.05, 4.69) is 53.6 Å². The lowest BCUT2D eigenvalue weighted by molar-refractivity contribution is -0.114. The van der Waals surface area contributed by atoms with E-state index in [0.717, 1.165) is 33.2 Å². The van der Waals surface area contributed by atoms with Crippen molar-refractivity contribution in [2.24, 2.45) is 10.1 Å². The standard InChI is InChI=1S/C27H25N5OS/c1-16-10-11-17(2)23(12-16)31-18(3)13-21(19(31)4)15-22-25(28)32-27(29-26(22)33)34-24(30-32)14-20-8-6-5-7-9-20/h5-13,15,28H,14H2,1-4H3/b22-15-,28-25?. The van der Waals surface area contributed by atoms with Crippen molar-refractivity contribution in [2.45, 2.75) is 34.1 Å². The van der Waals surface area contributed by atoms with Crippen LogP contribution in [0.4, 0.5) is 0 Å². The van der Waals surface area contributed by atoms with Crippen LogP contribution >= 0.6 is 11.8 Å². The highest BCUT2D eigenvalue weighted by atomic mass is 32.2. The Morgan fingerprint density at radius 3 is 2.56 bits per heavy atom. The number of hydrogen-bond acceptors (Lipinski definition) is 4. The molecule has 5 rings (SSSR count). The number of hydrazone groups is 1. The van der Waals surface area contributed by atoms with Crippen molar-refractivity contribution in [1.29, 1.82) is 5.41 Å². The van der Waals surface area contributed by atoms with Crippen molar-refractivity contribution < 1.29 is 4.79 Å². The predicted molar refractivity (Wildman–Crippen MR) is 140 cm³/mol. The van der Waals surface area contributed by atoms with Crippen LogP contribution in [0.2, 0.25) is 0 Å². The number of aromatic nitrogens is 1. The molecule has 2 aliphatic heterocycles. The van der Waals surface area contributed by atoms with Crippen molar-refractivity contribution in [3.05, 3.63) is 93.8 Å². The topological polar surface area (TPSA) is 73.8 Å². The molecule has 0 radical (unpaired) electrons. The molecule has 1 N–H and O–H groups in total. The van der Waals surface area contributed by atoms with Crippen LogP contribution in [0.5, 0.6) is 0 Å². The molecule has 1 aromatic heterocycles. The normalized spacial score (nSPS) is 16.7. The second-order valence-electron chi connectivity index (χ2n) is 8.63. The van der Waals surface area contributed by atoms with Gasteiger partial charge in [0, 0.05) is 23.5 Å². The summed E-state index contributed by atoms with van der Waals surface area (Å²) >= 11 is 1.35. The SMILES string of the molecule is Cc1ccc(C)c(-n2c(C)cc(/C=C3/C(=N)N4N=C(Cc5ccccc5)SC4=NC3=O)c2C)c1. The zero-order valence-electron chi connectivity index (χ0n) is 19.6. The Bertz CT molecular complexity index is 1430. The van der Waals surface area contributed by atoms with Crippen LogP contribution in [0.15, 0.2) is 70.3 Å². The van der Waals surface area contributed by atoms with Gasteiger partial charge in [-0.05, 0) is 79.9 Å². The number of amides is 1. The maximum atomic E-state index is 12.9. The summed E-state index contributed by atoms with van der Waals surface area (Å²) in [6.07, 6.45) is 2.41. The van der Waals surface area contributed by atoms with Gasteiger partial charge in [-0.2, -0.15) is 15.1 Å². The zero-order chi connectivity index (χ0) is 24.0. The van der Waals surface area contributed by atoms with Crippen LogP contribution in [0.1, 0.15) is 33.6 Å². The molecule has 0 atom stereocenters. The minimum atomic E-state index is -0.406. The molecule has 0 spiro atoms. The van der Waals surface area contributed by atoms with Gasteiger partial charge >= 0.3 is 0 Å². The average Bonchev–Trinajstić information content (AvgIpc) is 3.33. The summed E-state index contributed by atoms with van der Waals surface area (Å²) in [5.41, 5.74) is 7.83. The largest absolute Gasteiger partial charge is 0.318 e. The Balaban J connectivity index is 1.48. The predicted octanol–water partition coefficient (Wildman–Crippen LogP) is 5.57. The number of hydrogen-bond donors (Lipinski definition) is 1. The maximum Gasteiger partial charge on any atom is 0.283 e. The van der Waals surface area contributed by atoms with Gasteiger partial charge in [0.05, 0.1) is 5.57 Å². The van der Waals surface area contributed by atoms with Gasteiger partial charge in [0.2, 0.25) is 5.17 Å². The molecule has 170 valence electrons. The van der Waals surface area contributed by atoms with Crippen molar-refractivity contribution in [2.75, 3.05) is 0 Å². The molecule has 2 aliphatic rings. The van der Waals surface area contributed by atoms with Gasteiger partial charge < -0.3 is 4.57 Å². The van der Waals surface area contributed by atoms with Gasteiger partial charge in [0.1, 0.15) is 5.04 Å². The zero-order valence-corrected chi connectivity index (χ0v) is 20.4. The lowest BCUT2D eigenvalue weighted by atomic mass is 10.1. The number of benzene rings is 2. The van der Waals surface area contributed by atoms with Crippen LogP contribution in [0, 0.1) is 33.1 Å². The quantitative estimate of drug-likeness (QED) is 0.510. The number of nitrogens with zero attached hydrogens (tertiary/aromatic N) is 4. The van der Waals surface area contributed by atoms with Crippen LogP contribution < -0.4 is 0 Å². The van der Waals surface area contributed by atoms with E-state index in [9.17, 15) is 4.79 Å². The first kappa shape index (κ1) is 22.1. The van der Waals surface area contributed by atoms with E-state index in [0.29, 0.717) is 11.6 Å². The molecule has 0 saturated carbocycles. The van der Waals surface area contributed by atoms with Gasteiger partial charge in [0.15, 0.2) is 5.84 Å². The van der Waals surface area contributed by atoms with Crippen molar-refractivity contribution in [3.63, 3.8) is 0 Å². The van der Waals surface area contributed by atoms with E-state index in [4.69, 9.17) is 5.41 Å². The Labute approximate surface area is 203 Å². The molecule has 3 heterocycles. The lowest BCUT2D eigenvalue weighted by Gasteiger charge is -2.20. The molecule has 0 bridgehead atoms. The molecular weight excluding hydrogens is 442 g/mol. The first-order valence-electron chi connectivity index (χ1n) is 11.1. The molecule has 0 unspecified atom stereocenters. The van der Waals surface area contributed by atoms with Gasteiger partial charge in [0.25, 0.3) is 5.91 Å². The number of fused-ring (bicyclic) bond motifs is 1. The van der Waals surface area contributed by atoms with E-state index in [-0.39, 0.29) is 11.4 Å². The number of carbonyl (C=O) groups excluding carboxylic acids is 1. The van der Waals surface area contributed by atoms with Gasteiger partial charge in [-0.1, -0.05) is 42.5 Å². The van der Waals surface area contributed by atoms with Crippen molar-refractivity contribution in [3.8, 4) is 5.69 Å². The first-order valence-corrected chi connectivity index (χ1v) is 11.9. The summed E-state index contributed by atoms with van der Waals surface area (Å²) in [6, 6.07) is 18.5. The second kappa shape index (κ2) is 8.57. The Kier molecular flexibility index (Phi) is 5.57. The molecule has 0 aliphatic carbocycles. The number of nitrogens with one attached hydrogen (secondary N) is 1. The van der Waals surface area contributed by atoms with Gasteiger partial charge in [-0.25, -0.2) is 0 Å². The van der Waals surface area contributed by atoms with Crippen LogP contribution in [-0.2, 0) is 11.2 Å². The fourth-order valence-corrected chi connectivity index (χ4v) is 5.21. The molecule has 1 amide bonds. The minimum absolute atomic E-state index is 0.0575. The number of aryl methyl sites for hydroxylation is 3. The summed E-state index contributed by atoms with van der Waals surface area (Å²) < 4.78 is 2.20. The van der Waals surface area contributed by atoms with E-state index in [1.54, 1.807) is 6.08 Å². The first-order chi connectivity index (χ1) is 16.3. The Morgan fingerprint density at radius 1 is 1.03 bits per heavy atom. The maximum absolute atomic E-state index is 12.9. The highest BCUT2D eigenvalue weighted by Crippen LogP contribution is 2.31. The summed E-state index contributed by atoms with van der Waals surface area (Å²) in [5.74, 6) is -0.349. The Morgan fingerprint density at radius 2 is 1.79 bits per heavy atom. The molecule has 2 aromatic carbocycles. The number of carbonyl (C=O) groups is 1. The average molecular weight is 468 g/mol. The third-order valence-electron chi connectivity index (χ3n) is 6.07. The van der Waals surface area contributed by atoms with E-state index in [1.807, 2.05) is 43.3 Å². The third-order valence-corrected chi connectivity index (χ3v) is 6.98. The van der Waals surface area contributed by atoms with E-state index >= 15 is 0 Å². The summed E-state index contributed by atoms with van der Waals surface area (Å²) in [5, 5.41) is 16.0. The lowest BCUT2D eigenvalue weighted by Crippen LogP contribution is -2.35. The fourth-order valence-electron chi connectivity index (χ4n) is 4.29. The number of rotatable bonds is 4. The van der Waals surface area contributed by atoms with Gasteiger partial charge in [-0.15, -0.1) is 0 Å². The highest BCUT2D eigenvalue weighted by Gasteiger charge is 2.35. The molecule has 7 heteroatoms. The fraction of sp³-hybridized carbons (Fsp3) is 0.185. The highest BCUT2D eigenvalue weighted by molar-refractivity contribution is 8.26. The number of thioether (sulfide) groups is 1. The third kappa shape index (κ3) is 3.92. The molecule has 34 heavy (non-hydrogen) atoms. The van der Waals surface area contributed by atoms with Gasteiger partial charge in [-0.3, -0.25) is 10.2 Å². The van der Waals surface area contributed by atoms with E-state index in [1.165, 1.54) is 27.9 Å². The van der Waals surface area contributed by atoms with Crippen LogP contribution in [-0.4, -0.2) is 31.5 Å². The summed E-state index contributed by atoms with van der Waals surface area (Å²) in [4.78, 5) is 17.1. The molecule has 3 aromatic rings. The second-order valence-corrected chi connectivity index (χ2v) is 9.67. The summed E-state index contributed by atoms with van der Waals surface area (Å²) in [6.45, 7) is 8.27. The molecule has 0 saturated heterocycles. The van der Waals surface area contributed by atoms with Crippen LogP contribution in [0.3, 0.4) is 0 Å². The molecular formula is C27H25N5OS. The van der Waals surface area contributed by atoms with E-state index < -0.39 is 5.91 Å². The number of amidine groups is 2. The smallest absolute Gasteiger partial charge is 0.283 e. The molecule has 6 nitrogen and oxygen atoms in total. The summed E-state index contributed by atoms with van der Waals surface area (Å²) in [7, 11) is 0. The molecule has 0 fully saturated rings. The Hall–Kier alpha value is -3.71. The van der Waals surface area contributed by atoms with Crippen molar-refractivity contribution >= 4 is 39.8 Å². The minimum Gasteiger partial charge on any atom is -0.318 e. The van der Waals surface area contributed by atoms with Crippen LogP contribution in [0.25, 0.3) is 11.8 Å². The number of aliphatic imine (C=N–C) groups is 1.